The van der Waals surface area contributed by atoms with Crippen molar-refractivity contribution in [3.8, 4) is 0 Å². The van der Waals surface area contributed by atoms with E-state index in [1.54, 1.807) is 17.2 Å². The summed E-state index contributed by atoms with van der Waals surface area (Å²) in [5, 5.41) is 0. The van der Waals surface area contributed by atoms with Crippen LogP contribution < -0.4 is 16.4 Å². The molecule has 1 aromatic heterocycles. The minimum atomic E-state index is -0.0477. The van der Waals surface area contributed by atoms with Gasteiger partial charge in [-0.2, -0.15) is 0 Å². The summed E-state index contributed by atoms with van der Waals surface area (Å²) < 4.78 is 0. The highest BCUT2D eigenvalue weighted by molar-refractivity contribution is 5.95. The zero-order valence-electron chi connectivity index (χ0n) is 10.5. The van der Waals surface area contributed by atoms with Crippen molar-refractivity contribution < 1.29 is 4.79 Å². The summed E-state index contributed by atoms with van der Waals surface area (Å²) in [6.45, 7) is 0.0286. The normalized spacial score (nSPS) is 16.5. The average molecular weight is 248 g/mol. The van der Waals surface area contributed by atoms with Gasteiger partial charge in [0.15, 0.2) is 0 Å². The fourth-order valence-electron chi connectivity index (χ4n) is 2.54. The van der Waals surface area contributed by atoms with Gasteiger partial charge in [0.05, 0.1) is 18.4 Å². The Labute approximate surface area is 107 Å². The molecule has 98 valence electrons. The highest BCUT2D eigenvalue weighted by Gasteiger charge is 2.26. The second kappa shape index (κ2) is 5.82. The van der Waals surface area contributed by atoms with E-state index in [9.17, 15) is 4.79 Å². The predicted octanol–water partition coefficient (Wildman–Crippen LogP) is 1.29. The van der Waals surface area contributed by atoms with E-state index in [1.165, 1.54) is 19.3 Å². The maximum atomic E-state index is 12.0. The highest BCUT2D eigenvalue weighted by atomic mass is 16.2. The monoisotopic (exact) mass is 248 g/mol. The molecule has 1 saturated carbocycles. The molecule has 0 saturated heterocycles. The van der Waals surface area contributed by atoms with Crippen LogP contribution in [0.1, 0.15) is 32.1 Å². The topological polar surface area (TPSA) is 85.2 Å². The summed E-state index contributed by atoms with van der Waals surface area (Å²) in [4.78, 5) is 17.9. The molecule has 0 bridgehead atoms. The Kier molecular flexibility index (Phi) is 4.15. The fraction of sp³-hybridized carbons (Fsp3) is 0.538. The fourth-order valence-corrected chi connectivity index (χ4v) is 2.54. The van der Waals surface area contributed by atoms with Gasteiger partial charge in [0, 0.05) is 6.04 Å². The van der Waals surface area contributed by atoms with Gasteiger partial charge in [-0.05, 0) is 25.0 Å². The molecule has 1 aliphatic carbocycles. The Morgan fingerprint density at radius 3 is 2.61 bits per heavy atom. The SMILES string of the molecule is NCC(=O)N(c1ccc(N)nc1)C1CCCCC1. The lowest BCUT2D eigenvalue weighted by Gasteiger charge is -2.34. The van der Waals surface area contributed by atoms with Crippen LogP contribution in [0.25, 0.3) is 0 Å². The number of nitrogens with two attached hydrogens (primary N) is 2. The van der Waals surface area contributed by atoms with Crippen LogP contribution in [0.5, 0.6) is 0 Å². The molecule has 2 rings (SSSR count). The first kappa shape index (κ1) is 12.8. The van der Waals surface area contributed by atoms with Crippen LogP contribution in [-0.4, -0.2) is 23.5 Å². The molecule has 0 aromatic carbocycles. The van der Waals surface area contributed by atoms with Crippen LogP contribution in [0.2, 0.25) is 0 Å². The Bertz CT molecular complexity index is 398. The molecule has 5 heteroatoms. The lowest BCUT2D eigenvalue weighted by molar-refractivity contribution is -0.117. The van der Waals surface area contributed by atoms with E-state index >= 15 is 0 Å². The van der Waals surface area contributed by atoms with Crippen molar-refractivity contribution in [3.05, 3.63) is 18.3 Å². The molecule has 1 aromatic rings. The van der Waals surface area contributed by atoms with Crippen LogP contribution >= 0.6 is 0 Å². The number of anilines is 2. The van der Waals surface area contributed by atoms with E-state index in [4.69, 9.17) is 11.5 Å². The first-order valence-corrected chi connectivity index (χ1v) is 6.46. The lowest BCUT2D eigenvalue weighted by atomic mass is 9.94. The molecule has 0 aliphatic heterocycles. The summed E-state index contributed by atoms with van der Waals surface area (Å²) in [5.74, 6) is 0.413. The number of hydrogen-bond acceptors (Lipinski definition) is 4. The number of pyridine rings is 1. The van der Waals surface area contributed by atoms with Crippen LogP contribution in [0.4, 0.5) is 11.5 Å². The molecule has 4 N–H and O–H groups in total. The summed E-state index contributed by atoms with van der Waals surface area (Å²) in [6.07, 6.45) is 7.31. The summed E-state index contributed by atoms with van der Waals surface area (Å²) >= 11 is 0. The van der Waals surface area contributed by atoms with Gasteiger partial charge in [-0.3, -0.25) is 4.79 Å². The van der Waals surface area contributed by atoms with Crippen molar-refractivity contribution in [1.82, 2.24) is 4.98 Å². The molecule has 0 unspecified atom stereocenters. The average Bonchev–Trinajstić information content (AvgIpc) is 2.42. The second-order valence-electron chi connectivity index (χ2n) is 4.70. The van der Waals surface area contributed by atoms with Gasteiger partial charge in [-0.15, -0.1) is 0 Å². The van der Waals surface area contributed by atoms with Crippen LogP contribution in [0.15, 0.2) is 18.3 Å². The van der Waals surface area contributed by atoms with Crippen molar-refractivity contribution in [2.75, 3.05) is 17.2 Å². The van der Waals surface area contributed by atoms with Gasteiger partial charge >= 0.3 is 0 Å². The Balaban J connectivity index is 2.23. The van der Waals surface area contributed by atoms with Crippen molar-refractivity contribution in [1.29, 1.82) is 0 Å². The highest BCUT2D eigenvalue weighted by Crippen LogP contribution is 2.27. The first-order valence-electron chi connectivity index (χ1n) is 6.46. The Hall–Kier alpha value is -1.62. The molecular weight excluding hydrogens is 228 g/mol. The molecule has 0 atom stereocenters. The summed E-state index contributed by atoms with van der Waals surface area (Å²) in [7, 11) is 0. The van der Waals surface area contributed by atoms with E-state index in [-0.39, 0.29) is 18.5 Å². The molecule has 0 radical (unpaired) electrons. The van der Waals surface area contributed by atoms with Gasteiger partial charge in [-0.25, -0.2) is 4.98 Å². The van der Waals surface area contributed by atoms with Crippen molar-refractivity contribution in [2.45, 2.75) is 38.1 Å². The van der Waals surface area contributed by atoms with Gasteiger partial charge in [0.2, 0.25) is 5.91 Å². The molecule has 0 spiro atoms. The maximum absolute atomic E-state index is 12.0. The number of amides is 1. The van der Waals surface area contributed by atoms with Gasteiger partial charge in [-0.1, -0.05) is 19.3 Å². The van der Waals surface area contributed by atoms with Gasteiger partial charge in [0.25, 0.3) is 0 Å². The first-order chi connectivity index (χ1) is 8.72. The Morgan fingerprint density at radius 2 is 2.06 bits per heavy atom. The van der Waals surface area contributed by atoms with Crippen LogP contribution in [0.3, 0.4) is 0 Å². The number of carbonyl (C=O) groups excluding carboxylic acids is 1. The third-order valence-corrected chi connectivity index (χ3v) is 3.43. The van der Waals surface area contributed by atoms with E-state index in [1.807, 2.05) is 6.07 Å². The van der Waals surface area contributed by atoms with Crippen molar-refractivity contribution >= 4 is 17.4 Å². The number of hydrogen-bond donors (Lipinski definition) is 2. The third kappa shape index (κ3) is 2.79. The minimum absolute atomic E-state index is 0.0286. The number of aromatic nitrogens is 1. The number of nitrogens with zero attached hydrogens (tertiary/aromatic N) is 2. The van der Waals surface area contributed by atoms with E-state index in [2.05, 4.69) is 4.98 Å². The third-order valence-electron chi connectivity index (χ3n) is 3.43. The van der Waals surface area contributed by atoms with Crippen LogP contribution in [-0.2, 0) is 4.79 Å². The Morgan fingerprint density at radius 1 is 1.33 bits per heavy atom. The number of rotatable bonds is 3. The van der Waals surface area contributed by atoms with Gasteiger partial charge in [0.1, 0.15) is 5.82 Å². The largest absolute Gasteiger partial charge is 0.384 e. The minimum Gasteiger partial charge on any atom is -0.384 e. The molecule has 1 fully saturated rings. The maximum Gasteiger partial charge on any atom is 0.241 e. The van der Waals surface area contributed by atoms with Crippen molar-refractivity contribution in [3.63, 3.8) is 0 Å². The quantitative estimate of drug-likeness (QED) is 0.844. The zero-order valence-corrected chi connectivity index (χ0v) is 10.5. The zero-order chi connectivity index (χ0) is 13.0. The summed E-state index contributed by atoms with van der Waals surface area (Å²) in [6, 6.07) is 3.81. The van der Waals surface area contributed by atoms with E-state index in [0.717, 1.165) is 18.5 Å². The molecule has 18 heavy (non-hydrogen) atoms. The molecular formula is C13H20N4O. The second-order valence-corrected chi connectivity index (χ2v) is 4.70. The van der Waals surface area contributed by atoms with E-state index in [0.29, 0.717) is 5.82 Å². The molecule has 1 aliphatic rings. The van der Waals surface area contributed by atoms with Gasteiger partial charge < -0.3 is 16.4 Å². The number of nitrogen functional groups attached to an aromatic ring is 1. The molecule has 5 nitrogen and oxygen atoms in total. The lowest BCUT2D eigenvalue weighted by Crippen LogP contribution is -2.44. The molecule has 1 heterocycles. The molecule has 1 amide bonds. The van der Waals surface area contributed by atoms with E-state index < -0.39 is 0 Å². The van der Waals surface area contributed by atoms with Crippen LogP contribution in [0, 0.1) is 0 Å². The van der Waals surface area contributed by atoms with Crippen molar-refractivity contribution in [2.24, 2.45) is 5.73 Å². The smallest absolute Gasteiger partial charge is 0.241 e. The predicted molar refractivity (Wildman–Crippen MR) is 72.1 cm³/mol. The number of carbonyl (C=O) groups is 1. The standard InChI is InChI=1S/C13H20N4O/c14-8-13(18)17(10-4-2-1-3-5-10)11-6-7-12(15)16-9-11/h6-7,9-10H,1-5,8,14H2,(H2,15,16). The summed E-state index contributed by atoms with van der Waals surface area (Å²) in [5.41, 5.74) is 11.9.